The number of alkyl halides is 2. The van der Waals surface area contributed by atoms with Crippen molar-refractivity contribution in [3.05, 3.63) is 70.4 Å². The number of ether oxygens (including phenoxy) is 1. The number of aliphatic hydroxyl groups is 1. The Morgan fingerprint density at radius 2 is 1.76 bits per heavy atom. The Morgan fingerprint density at radius 3 is 2.31 bits per heavy atom. The quantitative estimate of drug-likeness (QED) is 0.312. The number of carbonyl (C=O) groups excluding carboxylic acids is 1. The van der Waals surface area contributed by atoms with Gasteiger partial charge in [-0.05, 0) is 90.5 Å². The summed E-state index contributed by atoms with van der Waals surface area (Å²) in [6, 6.07) is 12.8. The molecule has 2 saturated carbocycles. The third kappa shape index (κ3) is 7.29. The van der Waals surface area contributed by atoms with Gasteiger partial charge in [0.15, 0.2) is 0 Å². The summed E-state index contributed by atoms with van der Waals surface area (Å²) < 4.78 is 33.3. The molecule has 42 heavy (non-hydrogen) atoms. The molecule has 2 saturated heterocycles. The second kappa shape index (κ2) is 13.5. The number of carbonyl (C=O) groups is 1. The third-order valence-electron chi connectivity index (χ3n) is 9.34. The van der Waals surface area contributed by atoms with E-state index in [1.807, 2.05) is 18.3 Å². The van der Waals surface area contributed by atoms with Gasteiger partial charge in [-0.25, -0.2) is 8.78 Å². The van der Waals surface area contributed by atoms with Gasteiger partial charge in [0, 0.05) is 42.5 Å². The van der Waals surface area contributed by atoms with Gasteiger partial charge in [0.25, 0.3) is 0 Å². The van der Waals surface area contributed by atoms with Crippen molar-refractivity contribution in [1.82, 2.24) is 9.88 Å². The number of halogens is 2. The van der Waals surface area contributed by atoms with E-state index in [1.165, 1.54) is 40.4 Å². The smallest absolute Gasteiger partial charge is 0.652 e. The summed E-state index contributed by atoms with van der Waals surface area (Å²) in [6.45, 7) is 4.48. The van der Waals surface area contributed by atoms with Gasteiger partial charge in [-0.2, -0.15) is 0 Å². The van der Waals surface area contributed by atoms with Crippen LogP contribution < -0.4 is 113 Å². The van der Waals surface area contributed by atoms with Crippen LogP contribution in [0.5, 0.6) is 0 Å². The molecule has 7 rings (SSSR count). The molecule has 1 spiro atoms. The predicted molar refractivity (Wildman–Crippen MR) is 141 cm³/mol. The average molecular weight is 631 g/mol. The second-order valence-corrected chi connectivity index (χ2v) is 12.3. The molecule has 2 aliphatic carbocycles. The minimum atomic E-state index is -2.52. The minimum Gasteiger partial charge on any atom is -0.652 e. The SMILES string of the molecule is Cc1cc(C2CC2)c(CN2CCC3(C[C@@H]2c2ccc(C4(O)COC4)cc2)CC(F)(F)C3)c2cc[nH]c12.O=C([O-])[O-].[K+].[K+]. The fourth-order valence-electron chi connectivity index (χ4n) is 7.17. The van der Waals surface area contributed by atoms with Crippen LogP contribution in [0.4, 0.5) is 13.6 Å². The molecular weight excluding hydrogens is 597 g/mol. The fourth-order valence-corrected chi connectivity index (χ4v) is 7.17. The number of nitrogens with zero attached hydrogens (tertiary/aromatic N) is 1. The second-order valence-electron chi connectivity index (χ2n) is 12.3. The number of nitrogens with one attached hydrogen (secondary N) is 1. The summed E-state index contributed by atoms with van der Waals surface area (Å²) in [4.78, 5) is 14.3. The zero-order valence-electron chi connectivity index (χ0n) is 24.6. The number of H-pyrrole nitrogens is 1. The van der Waals surface area contributed by atoms with Gasteiger partial charge in [-0.1, -0.05) is 30.3 Å². The number of aryl methyl sites for hydroxylation is 1. The summed E-state index contributed by atoms with van der Waals surface area (Å²) in [5, 5.41) is 28.7. The van der Waals surface area contributed by atoms with Crippen LogP contribution in [-0.2, 0) is 16.9 Å². The molecule has 1 aromatic heterocycles. The first-order valence-electron chi connectivity index (χ1n) is 14.0. The van der Waals surface area contributed by atoms with Crippen molar-refractivity contribution in [3.8, 4) is 0 Å². The molecule has 4 aliphatic rings. The topological polar surface area (TPSA) is 112 Å². The van der Waals surface area contributed by atoms with E-state index in [9.17, 15) is 13.9 Å². The number of piperidine rings is 1. The molecule has 7 nitrogen and oxygen atoms in total. The standard InChI is InChI=1S/C30H34F2N2O2.CH2O3.2K/c1-19-12-24(20-2-3-20)25(23-8-10-33-27(19)23)14-34-11-9-28(15-30(31,32)16-28)13-26(34)21-4-6-22(7-5-21)29(35)17-36-18-29;2-1(3)4;;/h4-8,10,12,20,26,33,35H,2-3,9,11,13-18H2,1H3;(H2,2,3,4);;/q;;2*+1/p-2/t26-;;;/m1.../s1. The van der Waals surface area contributed by atoms with E-state index in [0.717, 1.165) is 37.1 Å². The van der Waals surface area contributed by atoms with Crippen molar-refractivity contribution in [2.75, 3.05) is 19.8 Å². The van der Waals surface area contributed by atoms with Crippen molar-refractivity contribution in [1.29, 1.82) is 0 Å². The summed E-state index contributed by atoms with van der Waals surface area (Å²) >= 11 is 0. The Hall–Kier alpha value is 0.263. The fraction of sp³-hybridized carbons (Fsp3) is 0.516. The van der Waals surface area contributed by atoms with Crippen LogP contribution >= 0.6 is 0 Å². The molecule has 1 atom stereocenters. The predicted octanol–water partition coefficient (Wildman–Crippen LogP) is -2.11. The molecule has 0 bridgehead atoms. The van der Waals surface area contributed by atoms with Crippen LogP contribution in [0, 0.1) is 12.3 Å². The zero-order chi connectivity index (χ0) is 28.3. The van der Waals surface area contributed by atoms with E-state index in [2.05, 4.69) is 41.1 Å². The summed E-state index contributed by atoms with van der Waals surface area (Å²) in [7, 11) is 0. The first kappa shape index (κ1) is 35.1. The van der Waals surface area contributed by atoms with E-state index in [1.54, 1.807) is 0 Å². The van der Waals surface area contributed by atoms with Crippen LogP contribution in [0.15, 0.2) is 42.6 Å². The molecule has 11 heteroatoms. The Balaban J connectivity index is 0.000000637. The van der Waals surface area contributed by atoms with Crippen molar-refractivity contribution < 1.29 is 136 Å². The maximum atomic E-state index is 14.0. The van der Waals surface area contributed by atoms with Crippen LogP contribution in [0.25, 0.3) is 10.9 Å². The summed E-state index contributed by atoms with van der Waals surface area (Å²) in [5.74, 6) is -1.88. The number of hydrogen-bond acceptors (Lipinski definition) is 6. The third-order valence-corrected chi connectivity index (χ3v) is 9.34. The van der Waals surface area contributed by atoms with Crippen LogP contribution in [-0.4, -0.2) is 46.8 Å². The van der Waals surface area contributed by atoms with E-state index in [-0.39, 0.29) is 127 Å². The van der Waals surface area contributed by atoms with E-state index >= 15 is 0 Å². The number of benzene rings is 2. The molecule has 2 N–H and O–H groups in total. The Bertz CT molecular complexity index is 1410. The maximum Gasteiger partial charge on any atom is 1.00 e. The Kier molecular flexibility index (Phi) is 11.3. The van der Waals surface area contributed by atoms with Crippen LogP contribution in [0.2, 0.25) is 0 Å². The monoisotopic (exact) mass is 630 g/mol. The molecule has 3 aromatic rings. The minimum absolute atomic E-state index is 0. The van der Waals surface area contributed by atoms with Crippen molar-refractivity contribution >= 4 is 17.1 Å². The maximum absolute atomic E-state index is 14.0. The average Bonchev–Trinajstić information content (AvgIpc) is 3.59. The molecule has 0 amide bonds. The van der Waals surface area contributed by atoms with Crippen molar-refractivity contribution in [3.63, 3.8) is 0 Å². The number of carboxylic acid groups (broad SMARTS) is 2. The first-order valence-corrected chi connectivity index (χ1v) is 14.0. The van der Waals surface area contributed by atoms with Crippen LogP contribution in [0.3, 0.4) is 0 Å². The Labute approximate surface area is 329 Å². The van der Waals surface area contributed by atoms with Crippen LogP contribution in [0.1, 0.15) is 78.3 Å². The molecule has 0 radical (unpaired) electrons. The number of fused-ring (bicyclic) bond motifs is 1. The first-order chi connectivity index (χ1) is 19.0. The van der Waals surface area contributed by atoms with E-state index in [4.69, 9.17) is 19.7 Å². The number of hydrogen-bond donors (Lipinski definition) is 2. The molecule has 3 heterocycles. The largest absolute Gasteiger partial charge is 1.00 e. The number of likely N-dealkylation sites (tertiary alicyclic amines) is 1. The van der Waals surface area contributed by atoms with Gasteiger partial charge in [0.1, 0.15) is 5.60 Å². The number of aromatic nitrogens is 1. The van der Waals surface area contributed by atoms with E-state index in [0.29, 0.717) is 19.1 Å². The van der Waals surface area contributed by atoms with Gasteiger partial charge in [0.05, 0.1) is 13.2 Å². The normalized spacial score (nSPS) is 23.4. The van der Waals surface area contributed by atoms with Gasteiger partial charge in [-0.15, -0.1) is 0 Å². The molecule has 4 fully saturated rings. The van der Waals surface area contributed by atoms with Crippen molar-refractivity contribution in [2.24, 2.45) is 5.41 Å². The summed E-state index contributed by atoms with van der Waals surface area (Å²) in [5.41, 5.74) is 6.23. The zero-order valence-corrected chi connectivity index (χ0v) is 30.8. The molecule has 214 valence electrons. The molecule has 2 aliphatic heterocycles. The van der Waals surface area contributed by atoms with Gasteiger partial charge >= 0.3 is 103 Å². The van der Waals surface area contributed by atoms with E-state index < -0.39 is 17.7 Å². The number of rotatable bonds is 5. The van der Waals surface area contributed by atoms with Crippen molar-refractivity contribution in [2.45, 2.75) is 75.5 Å². The van der Waals surface area contributed by atoms with Gasteiger partial charge in [0.2, 0.25) is 5.92 Å². The molecule has 0 unspecified atom stereocenters. The number of aromatic amines is 1. The molecular formula is C31H34F2K2N2O5. The van der Waals surface area contributed by atoms with Gasteiger partial charge in [-0.3, -0.25) is 4.90 Å². The Morgan fingerprint density at radius 1 is 1.12 bits per heavy atom. The summed E-state index contributed by atoms with van der Waals surface area (Å²) in [6.07, 6.45) is 3.81. The van der Waals surface area contributed by atoms with Gasteiger partial charge < -0.3 is 29.8 Å². The molecule has 2 aromatic carbocycles.